The minimum atomic E-state index is 0.765. The Morgan fingerprint density at radius 2 is 2.41 bits per heavy atom. The Hall–Kier alpha value is -0.800. The molecule has 1 unspecified atom stereocenters. The Labute approximate surface area is 104 Å². The average Bonchev–Trinajstić information content (AvgIpc) is 2.83. The van der Waals surface area contributed by atoms with Crippen LogP contribution in [0.1, 0.15) is 37.9 Å². The Morgan fingerprint density at radius 1 is 1.47 bits per heavy atom. The summed E-state index contributed by atoms with van der Waals surface area (Å²) in [4.78, 5) is 2.33. The maximum Gasteiger partial charge on any atom is 0.117 e. The number of nitrogens with zero attached hydrogens (tertiary/aromatic N) is 1. The van der Waals surface area contributed by atoms with Gasteiger partial charge in [0.15, 0.2) is 0 Å². The van der Waals surface area contributed by atoms with Crippen LogP contribution in [0.3, 0.4) is 0 Å². The number of hydrogen-bond donors (Lipinski definition) is 1. The predicted molar refractivity (Wildman–Crippen MR) is 69.9 cm³/mol. The molecule has 1 atom stereocenters. The SMILES string of the molecule is CN(CCCC1CCCCN1)Cc1ccco1. The third-order valence-electron chi connectivity index (χ3n) is 3.51. The molecule has 0 aliphatic carbocycles. The first kappa shape index (κ1) is 12.7. The summed E-state index contributed by atoms with van der Waals surface area (Å²) < 4.78 is 5.35. The van der Waals surface area contributed by atoms with Gasteiger partial charge in [0.2, 0.25) is 0 Å². The van der Waals surface area contributed by atoms with E-state index in [1.807, 2.05) is 12.1 Å². The quantitative estimate of drug-likeness (QED) is 0.823. The molecule has 1 aliphatic rings. The van der Waals surface area contributed by atoms with Crippen LogP contribution in [-0.4, -0.2) is 31.1 Å². The van der Waals surface area contributed by atoms with Gasteiger partial charge in [-0.05, 0) is 58.0 Å². The van der Waals surface area contributed by atoms with E-state index in [0.29, 0.717) is 0 Å². The van der Waals surface area contributed by atoms with E-state index < -0.39 is 0 Å². The van der Waals surface area contributed by atoms with Crippen molar-refractivity contribution in [2.45, 2.75) is 44.7 Å². The van der Waals surface area contributed by atoms with E-state index in [2.05, 4.69) is 17.3 Å². The Bertz CT molecular complexity index is 291. The molecule has 0 spiro atoms. The Morgan fingerprint density at radius 3 is 3.12 bits per heavy atom. The van der Waals surface area contributed by atoms with Crippen LogP contribution in [0, 0.1) is 0 Å². The first-order chi connectivity index (χ1) is 8.34. The number of piperidine rings is 1. The molecule has 1 aliphatic heterocycles. The molecule has 1 fully saturated rings. The highest BCUT2D eigenvalue weighted by Gasteiger charge is 2.12. The lowest BCUT2D eigenvalue weighted by Crippen LogP contribution is -2.34. The highest BCUT2D eigenvalue weighted by molar-refractivity contribution is 4.97. The van der Waals surface area contributed by atoms with Gasteiger partial charge in [0.1, 0.15) is 5.76 Å². The molecule has 0 saturated carbocycles. The van der Waals surface area contributed by atoms with Crippen molar-refractivity contribution in [2.24, 2.45) is 0 Å². The second-order valence-electron chi connectivity index (χ2n) is 5.11. The van der Waals surface area contributed by atoms with Crippen LogP contribution >= 0.6 is 0 Å². The van der Waals surface area contributed by atoms with Crippen molar-refractivity contribution in [1.29, 1.82) is 0 Å². The van der Waals surface area contributed by atoms with Gasteiger partial charge in [0.25, 0.3) is 0 Å². The molecule has 1 N–H and O–H groups in total. The Balaban J connectivity index is 1.58. The van der Waals surface area contributed by atoms with Crippen LogP contribution < -0.4 is 5.32 Å². The van der Waals surface area contributed by atoms with E-state index in [1.54, 1.807) is 6.26 Å². The molecule has 0 bridgehead atoms. The summed E-state index contributed by atoms with van der Waals surface area (Å²) in [6, 6.07) is 4.76. The zero-order valence-corrected chi connectivity index (χ0v) is 10.8. The molecule has 0 radical (unpaired) electrons. The molecular formula is C14H24N2O. The van der Waals surface area contributed by atoms with E-state index in [-0.39, 0.29) is 0 Å². The minimum Gasteiger partial charge on any atom is -0.468 e. The molecule has 1 saturated heterocycles. The fraction of sp³-hybridized carbons (Fsp3) is 0.714. The van der Waals surface area contributed by atoms with Crippen molar-refractivity contribution in [3.8, 4) is 0 Å². The molecule has 2 heterocycles. The summed E-state index contributed by atoms with van der Waals surface area (Å²) in [7, 11) is 2.16. The van der Waals surface area contributed by atoms with Crippen LogP contribution in [0.2, 0.25) is 0 Å². The first-order valence-corrected chi connectivity index (χ1v) is 6.79. The third kappa shape index (κ3) is 4.52. The Kier molecular flexibility index (Phi) is 5.08. The molecule has 3 nitrogen and oxygen atoms in total. The van der Waals surface area contributed by atoms with Gasteiger partial charge in [-0.25, -0.2) is 0 Å². The van der Waals surface area contributed by atoms with Gasteiger partial charge in [-0.2, -0.15) is 0 Å². The maximum absolute atomic E-state index is 5.35. The molecule has 1 aromatic rings. The molecule has 96 valence electrons. The molecule has 2 rings (SSSR count). The third-order valence-corrected chi connectivity index (χ3v) is 3.51. The molecular weight excluding hydrogens is 212 g/mol. The standard InChI is InChI=1S/C14H24N2O/c1-16(12-14-8-5-11-17-14)10-4-7-13-6-2-3-9-15-13/h5,8,11,13,15H,2-4,6-7,9-10,12H2,1H3. The van der Waals surface area contributed by atoms with E-state index in [0.717, 1.165) is 24.9 Å². The predicted octanol–water partition coefficient (Wildman–Crippen LogP) is 2.63. The monoisotopic (exact) mass is 236 g/mol. The summed E-state index contributed by atoms with van der Waals surface area (Å²) in [6.45, 7) is 3.29. The normalized spacial score (nSPS) is 20.9. The zero-order chi connectivity index (χ0) is 11.9. The van der Waals surface area contributed by atoms with Gasteiger partial charge in [-0.15, -0.1) is 0 Å². The van der Waals surface area contributed by atoms with E-state index >= 15 is 0 Å². The fourth-order valence-electron chi connectivity index (χ4n) is 2.53. The van der Waals surface area contributed by atoms with Crippen LogP contribution in [0.25, 0.3) is 0 Å². The average molecular weight is 236 g/mol. The van der Waals surface area contributed by atoms with Crippen molar-refractivity contribution in [2.75, 3.05) is 20.1 Å². The van der Waals surface area contributed by atoms with Gasteiger partial charge in [0.05, 0.1) is 12.8 Å². The van der Waals surface area contributed by atoms with Crippen LogP contribution in [0.4, 0.5) is 0 Å². The molecule has 17 heavy (non-hydrogen) atoms. The minimum absolute atomic E-state index is 0.765. The lowest BCUT2D eigenvalue weighted by Gasteiger charge is -2.24. The molecule has 1 aromatic heterocycles. The van der Waals surface area contributed by atoms with Crippen LogP contribution in [-0.2, 0) is 6.54 Å². The summed E-state index contributed by atoms with van der Waals surface area (Å²) in [5, 5.41) is 3.60. The van der Waals surface area contributed by atoms with Crippen molar-refractivity contribution in [3.05, 3.63) is 24.2 Å². The number of nitrogens with one attached hydrogen (secondary N) is 1. The largest absolute Gasteiger partial charge is 0.468 e. The molecule has 0 aromatic carbocycles. The number of rotatable bonds is 6. The van der Waals surface area contributed by atoms with Crippen molar-refractivity contribution in [3.63, 3.8) is 0 Å². The van der Waals surface area contributed by atoms with Crippen molar-refractivity contribution in [1.82, 2.24) is 10.2 Å². The van der Waals surface area contributed by atoms with Gasteiger partial charge in [0, 0.05) is 6.04 Å². The number of furan rings is 1. The van der Waals surface area contributed by atoms with Crippen LogP contribution in [0.15, 0.2) is 22.8 Å². The summed E-state index contributed by atoms with van der Waals surface area (Å²) >= 11 is 0. The van der Waals surface area contributed by atoms with E-state index in [1.165, 1.54) is 38.6 Å². The fourth-order valence-corrected chi connectivity index (χ4v) is 2.53. The lowest BCUT2D eigenvalue weighted by molar-refractivity contribution is 0.276. The summed E-state index contributed by atoms with van der Waals surface area (Å²) in [6.07, 6.45) is 8.45. The topological polar surface area (TPSA) is 28.4 Å². The van der Waals surface area contributed by atoms with Gasteiger partial charge >= 0.3 is 0 Å². The second-order valence-corrected chi connectivity index (χ2v) is 5.11. The molecule has 3 heteroatoms. The molecule has 0 amide bonds. The van der Waals surface area contributed by atoms with Gasteiger partial charge < -0.3 is 9.73 Å². The van der Waals surface area contributed by atoms with Crippen LogP contribution in [0.5, 0.6) is 0 Å². The van der Waals surface area contributed by atoms with E-state index in [9.17, 15) is 0 Å². The highest BCUT2D eigenvalue weighted by atomic mass is 16.3. The smallest absolute Gasteiger partial charge is 0.117 e. The van der Waals surface area contributed by atoms with E-state index in [4.69, 9.17) is 4.42 Å². The van der Waals surface area contributed by atoms with Crippen molar-refractivity contribution >= 4 is 0 Å². The maximum atomic E-state index is 5.35. The summed E-state index contributed by atoms with van der Waals surface area (Å²) in [5.41, 5.74) is 0. The van der Waals surface area contributed by atoms with Gasteiger partial charge in [-0.3, -0.25) is 4.90 Å². The first-order valence-electron chi connectivity index (χ1n) is 6.79. The number of hydrogen-bond acceptors (Lipinski definition) is 3. The lowest BCUT2D eigenvalue weighted by atomic mass is 10.0. The zero-order valence-electron chi connectivity index (χ0n) is 10.8. The van der Waals surface area contributed by atoms with Gasteiger partial charge in [-0.1, -0.05) is 6.42 Å². The second kappa shape index (κ2) is 6.82. The highest BCUT2D eigenvalue weighted by Crippen LogP contribution is 2.12. The van der Waals surface area contributed by atoms with Crippen molar-refractivity contribution < 1.29 is 4.42 Å². The summed E-state index contributed by atoms with van der Waals surface area (Å²) in [5.74, 6) is 1.06.